The summed E-state index contributed by atoms with van der Waals surface area (Å²) >= 11 is 0. The van der Waals surface area contributed by atoms with E-state index in [1.165, 1.54) is 19.3 Å². The van der Waals surface area contributed by atoms with Crippen molar-refractivity contribution in [3.8, 4) is 0 Å². The molecule has 0 fully saturated rings. The summed E-state index contributed by atoms with van der Waals surface area (Å²) in [7, 11) is 0. The van der Waals surface area contributed by atoms with E-state index in [9.17, 15) is 14.4 Å². The van der Waals surface area contributed by atoms with E-state index < -0.39 is 12.1 Å². The van der Waals surface area contributed by atoms with Gasteiger partial charge in [-0.3, -0.25) is 14.4 Å². The van der Waals surface area contributed by atoms with Crippen molar-refractivity contribution in [1.82, 2.24) is 0 Å². The molecule has 0 saturated heterocycles. The van der Waals surface area contributed by atoms with Crippen LogP contribution < -0.4 is 0 Å². The van der Waals surface area contributed by atoms with Gasteiger partial charge in [-0.1, -0.05) is 223 Å². The van der Waals surface area contributed by atoms with Crippen LogP contribution in [0.1, 0.15) is 201 Å². The monoisotopic (exact) mass is 975 g/mol. The highest BCUT2D eigenvalue weighted by Gasteiger charge is 2.19. The third-order valence-electron chi connectivity index (χ3n) is 10.7. The lowest BCUT2D eigenvalue weighted by molar-refractivity contribution is -0.166. The second-order valence-electron chi connectivity index (χ2n) is 17.4. The highest BCUT2D eigenvalue weighted by atomic mass is 16.6. The molecule has 0 spiro atoms. The van der Waals surface area contributed by atoms with E-state index in [0.29, 0.717) is 19.3 Å². The largest absolute Gasteiger partial charge is 0.462 e. The average Bonchev–Trinajstić information content (AvgIpc) is 3.37. The second-order valence-corrected chi connectivity index (χ2v) is 17.4. The summed E-state index contributed by atoms with van der Waals surface area (Å²) in [4.78, 5) is 38.0. The third-order valence-corrected chi connectivity index (χ3v) is 10.7. The lowest BCUT2D eigenvalue weighted by Crippen LogP contribution is -2.30. The molecule has 0 bridgehead atoms. The molecule has 71 heavy (non-hydrogen) atoms. The fourth-order valence-corrected chi connectivity index (χ4v) is 6.71. The maximum atomic E-state index is 12.8. The van der Waals surface area contributed by atoms with E-state index in [1.807, 2.05) is 6.08 Å². The van der Waals surface area contributed by atoms with Crippen LogP contribution in [0.25, 0.3) is 0 Å². The van der Waals surface area contributed by atoms with Crippen molar-refractivity contribution in [1.29, 1.82) is 0 Å². The van der Waals surface area contributed by atoms with Crippen LogP contribution in [0.15, 0.2) is 170 Å². The summed E-state index contributed by atoms with van der Waals surface area (Å²) in [5.41, 5.74) is 0. The molecule has 0 aliphatic rings. The van der Waals surface area contributed by atoms with Gasteiger partial charge in [0.25, 0.3) is 0 Å². The van der Waals surface area contributed by atoms with Crippen LogP contribution in [0, 0.1) is 0 Å². The normalized spacial score (nSPS) is 13.5. The Morgan fingerprint density at radius 2 is 0.549 bits per heavy atom. The predicted molar refractivity (Wildman–Crippen MR) is 306 cm³/mol. The van der Waals surface area contributed by atoms with Crippen molar-refractivity contribution in [2.75, 3.05) is 13.2 Å². The van der Waals surface area contributed by atoms with E-state index in [1.54, 1.807) is 6.08 Å². The molecule has 394 valence electrons. The molecule has 1 unspecified atom stereocenters. The Kier molecular flexibility index (Phi) is 53.1. The zero-order chi connectivity index (χ0) is 51.4. The standard InChI is InChI=1S/C65H98O6/c1-4-7-10-13-16-19-22-25-28-29-30-31-32-33-34-35-38-40-43-46-49-52-55-58-64(67)70-61-62(71-65(68)59-56-53-50-47-44-41-37-27-24-21-18-15-12-9-6-3)60-69-63(66)57-54-51-48-45-42-39-36-26-23-20-17-14-11-8-5-2/h7-12,16-21,25-28,30-31,33-34,36-37,42,44-45,47,53,56,62H,4-6,13-15,22-24,29,32,35,38-41,43,46,48-52,54-55,57-61H2,1-3H3/b10-7-,11-8-,12-9-,19-16-,20-17-,21-18-,28-25-,31-30-,34-33-,36-26-,37-27-,45-42-,47-44-,56-53-. The first kappa shape index (κ1) is 65.8. The van der Waals surface area contributed by atoms with Crippen LogP contribution in [0.3, 0.4) is 0 Å². The summed E-state index contributed by atoms with van der Waals surface area (Å²) in [6, 6.07) is 0. The lowest BCUT2D eigenvalue weighted by Gasteiger charge is -2.18. The highest BCUT2D eigenvalue weighted by molar-refractivity contribution is 5.72. The molecule has 6 heteroatoms. The van der Waals surface area contributed by atoms with Crippen molar-refractivity contribution in [3.05, 3.63) is 170 Å². The van der Waals surface area contributed by atoms with Crippen molar-refractivity contribution >= 4 is 17.9 Å². The van der Waals surface area contributed by atoms with Gasteiger partial charge in [-0.25, -0.2) is 0 Å². The van der Waals surface area contributed by atoms with E-state index >= 15 is 0 Å². The zero-order valence-electron chi connectivity index (χ0n) is 44.9. The summed E-state index contributed by atoms with van der Waals surface area (Å²) < 4.78 is 16.7. The van der Waals surface area contributed by atoms with Gasteiger partial charge < -0.3 is 14.2 Å². The Labute approximate surface area is 434 Å². The van der Waals surface area contributed by atoms with Gasteiger partial charge in [0.15, 0.2) is 6.10 Å². The molecule has 0 aliphatic carbocycles. The number of ether oxygens (including phenoxy) is 3. The van der Waals surface area contributed by atoms with Gasteiger partial charge in [0.2, 0.25) is 0 Å². The molecule has 0 amide bonds. The number of hydrogen-bond acceptors (Lipinski definition) is 6. The molecule has 0 saturated carbocycles. The predicted octanol–water partition coefficient (Wildman–Crippen LogP) is 18.8. The van der Waals surface area contributed by atoms with Gasteiger partial charge in [0.05, 0.1) is 6.42 Å². The van der Waals surface area contributed by atoms with Gasteiger partial charge in [0.1, 0.15) is 13.2 Å². The maximum Gasteiger partial charge on any atom is 0.310 e. The SMILES string of the molecule is CC/C=C\C/C=C\C/C=C\C/C=C\C/C=C\CCCCCCCCCC(=O)OCC(COC(=O)CCCC/C=C\C/C=C\C/C=C\C/C=C\CC)OC(=O)C/C=C\C/C=C\C/C=C\C/C=C\C/C=C\CC. The van der Waals surface area contributed by atoms with Gasteiger partial charge in [-0.2, -0.15) is 0 Å². The maximum absolute atomic E-state index is 12.8. The fourth-order valence-electron chi connectivity index (χ4n) is 6.71. The van der Waals surface area contributed by atoms with Crippen LogP contribution >= 0.6 is 0 Å². The number of esters is 3. The minimum absolute atomic E-state index is 0.0760. The molecular formula is C65H98O6. The van der Waals surface area contributed by atoms with Crippen LogP contribution in [-0.2, 0) is 28.6 Å². The molecule has 0 aliphatic heterocycles. The Hall–Kier alpha value is -5.23. The summed E-state index contributed by atoms with van der Waals surface area (Å²) in [5.74, 6) is -1.14. The minimum Gasteiger partial charge on any atom is -0.462 e. The smallest absolute Gasteiger partial charge is 0.310 e. The molecule has 0 N–H and O–H groups in total. The van der Waals surface area contributed by atoms with Crippen molar-refractivity contribution < 1.29 is 28.6 Å². The van der Waals surface area contributed by atoms with E-state index in [2.05, 4.69) is 179 Å². The first-order valence-corrected chi connectivity index (χ1v) is 27.6. The Bertz CT molecular complexity index is 1690. The molecule has 0 aromatic rings. The van der Waals surface area contributed by atoms with Gasteiger partial charge >= 0.3 is 17.9 Å². The van der Waals surface area contributed by atoms with E-state index in [0.717, 1.165) is 128 Å². The van der Waals surface area contributed by atoms with Crippen LogP contribution in [0.5, 0.6) is 0 Å². The van der Waals surface area contributed by atoms with Crippen molar-refractivity contribution in [2.24, 2.45) is 0 Å². The number of rotatable bonds is 47. The Balaban J connectivity index is 4.56. The van der Waals surface area contributed by atoms with Crippen molar-refractivity contribution in [3.63, 3.8) is 0 Å². The number of allylic oxidation sites excluding steroid dienone is 27. The number of hydrogen-bond donors (Lipinski definition) is 0. The minimum atomic E-state index is -0.864. The topological polar surface area (TPSA) is 78.9 Å². The molecule has 0 rings (SSSR count). The lowest BCUT2D eigenvalue weighted by atomic mass is 10.1. The molecule has 0 radical (unpaired) electrons. The van der Waals surface area contributed by atoms with Gasteiger partial charge in [0, 0.05) is 12.8 Å². The van der Waals surface area contributed by atoms with Gasteiger partial charge in [-0.05, 0) is 128 Å². The number of carbonyl (C=O) groups is 3. The Morgan fingerprint density at radius 1 is 0.296 bits per heavy atom. The third kappa shape index (κ3) is 55.6. The molecule has 1 atom stereocenters. The fraction of sp³-hybridized carbons (Fsp3) is 0.523. The van der Waals surface area contributed by atoms with Crippen molar-refractivity contribution in [2.45, 2.75) is 207 Å². The number of unbranched alkanes of at least 4 members (excludes halogenated alkanes) is 9. The number of carbonyl (C=O) groups excluding carboxylic acids is 3. The Morgan fingerprint density at radius 3 is 0.887 bits per heavy atom. The molecule has 0 aromatic carbocycles. The van der Waals surface area contributed by atoms with E-state index in [4.69, 9.17) is 14.2 Å². The van der Waals surface area contributed by atoms with E-state index in [-0.39, 0.29) is 38.0 Å². The summed E-state index contributed by atoms with van der Waals surface area (Å²) in [5, 5.41) is 0. The molecule has 0 aromatic heterocycles. The quantitative estimate of drug-likeness (QED) is 0.0262. The molecule has 0 heterocycles. The molecular weight excluding hydrogens is 877 g/mol. The zero-order valence-corrected chi connectivity index (χ0v) is 44.9. The van der Waals surface area contributed by atoms with Crippen LogP contribution in [0.2, 0.25) is 0 Å². The van der Waals surface area contributed by atoms with Crippen LogP contribution in [0.4, 0.5) is 0 Å². The first-order valence-electron chi connectivity index (χ1n) is 27.6. The summed E-state index contributed by atoms with van der Waals surface area (Å²) in [6.07, 6.45) is 85.1. The van der Waals surface area contributed by atoms with Crippen LogP contribution in [-0.4, -0.2) is 37.2 Å². The van der Waals surface area contributed by atoms with Gasteiger partial charge in [-0.15, -0.1) is 0 Å². The average molecular weight is 975 g/mol. The summed E-state index contributed by atoms with van der Waals surface area (Å²) in [6.45, 7) is 6.14. The highest BCUT2D eigenvalue weighted by Crippen LogP contribution is 2.12. The first-order chi connectivity index (χ1) is 35.0. The second kappa shape index (κ2) is 57.3. The molecule has 6 nitrogen and oxygen atoms in total.